The molecule has 0 atom stereocenters. The summed E-state index contributed by atoms with van der Waals surface area (Å²) in [6.45, 7) is 0. The summed E-state index contributed by atoms with van der Waals surface area (Å²) in [6, 6.07) is 5.04. The SMILES string of the molecule is O=C(CCl)c1cccc2oc(Cl)nc12. The number of para-hydroxylation sites is 1. The lowest BCUT2D eigenvalue weighted by Crippen LogP contribution is -2.00. The van der Waals surface area contributed by atoms with E-state index in [-0.39, 0.29) is 17.0 Å². The predicted octanol–water partition coefficient (Wildman–Crippen LogP) is 2.90. The first kappa shape index (κ1) is 9.49. The third-order valence-corrected chi connectivity index (χ3v) is 2.22. The zero-order valence-electron chi connectivity index (χ0n) is 6.96. The van der Waals surface area contributed by atoms with Crippen molar-refractivity contribution in [3.8, 4) is 0 Å². The van der Waals surface area contributed by atoms with Gasteiger partial charge in [0.15, 0.2) is 11.4 Å². The molecular weight excluding hydrogens is 225 g/mol. The Morgan fingerprint density at radius 1 is 1.50 bits per heavy atom. The maximum absolute atomic E-state index is 11.4. The molecule has 0 fully saturated rings. The minimum atomic E-state index is -0.192. The molecule has 0 N–H and O–H groups in total. The van der Waals surface area contributed by atoms with E-state index in [0.717, 1.165) is 0 Å². The quantitative estimate of drug-likeness (QED) is 0.588. The molecule has 0 bridgehead atoms. The molecule has 72 valence electrons. The standard InChI is InChI=1S/C9H5Cl2NO2/c10-4-6(13)5-2-1-3-7-8(5)12-9(11)14-7/h1-3H,4H2. The van der Waals surface area contributed by atoms with Gasteiger partial charge in [0.05, 0.1) is 5.88 Å². The number of alkyl halides is 1. The van der Waals surface area contributed by atoms with Crippen molar-refractivity contribution in [1.82, 2.24) is 4.98 Å². The van der Waals surface area contributed by atoms with Crippen LogP contribution in [0.5, 0.6) is 0 Å². The Bertz CT molecular complexity index is 493. The number of rotatable bonds is 2. The minimum absolute atomic E-state index is 0.0230. The molecule has 0 amide bonds. The van der Waals surface area contributed by atoms with Gasteiger partial charge in [0.25, 0.3) is 5.35 Å². The number of fused-ring (bicyclic) bond motifs is 1. The van der Waals surface area contributed by atoms with Crippen LogP contribution in [0.2, 0.25) is 5.35 Å². The first-order valence-electron chi connectivity index (χ1n) is 3.86. The average Bonchev–Trinajstić information content (AvgIpc) is 2.56. The van der Waals surface area contributed by atoms with Crippen molar-refractivity contribution in [2.75, 3.05) is 5.88 Å². The number of carbonyl (C=O) groups is 1. The lowest BCUT2D eigenvalue weighted by atomic mass is 10.1. The Kier molecular flexibility index (Phi) is 2.44. The third-order valence-electron chi connectivity index (χ3n) is 1.81. The minimum Gasteiger partial charge on any atom is -0.428 e. The van der Waals surface area contributed by atoms with Crippen LogP contribution in [-0.4, -0.2) is 16.6 Å². The number of benzene rings is 1. The Morgan fingerprint density at radius 2 is 2.29 bits per heavy atom. The van der Waals surface area contributed by atoms with Gasteiger partial charge in [-0.25, -0.2) is 0 Å². The van der Waals surface area contributed by atoms with Crippen molar-refractivity contribution >= 4 is 40.1 Å². The van der Waals surface area contributed by atoms with Crippen molar-refractivity contribution in [2.45, 2.75) is 0 Å². The molecule has 3 nitrogen and oxygen atoms in total. The van der Waals surface area contributed by atoms with Gasteiger partial charge in [0, 0.05) is 5.56 Å². The molecule has 1 aromatic heterocycles. The largest absolute Gasteiger partial charge is 0.428 e. The molecule has 5 heteroatoms. The van der Waals surface area contributed by atoms with E-state index < -0.39 is 0 Å². The maximum atomic E-state index is 11.4. The third kappa shape index (κ3) is 1.49. The number of hydrogen-bond acceptors (Lipinski definition) is 3. The van der Waals surface area contributed by atoms with E-state index >= 15 is 0 Å². The van der Waals surface area contributed by atoms with Crippen LogP contribution in [0.1, 0.15) is 10.4 Å². The fraction of sp³-hybridized carbons (Fsp3) is 0.111. The van der Waals surface area contributed by atoms with E-state index in [0.29, 0.717) is 16.7 Å². The van der Waals surface area contributed by atoms with Crippen LogP contribution in [0.3, 0.4) is 0 Å². The Balaban J connectivity index is 2.70. The van der Waals surface area contributed by atoms with Crippen LogP contribution in [0.25, 0.3) is 11.1 Å². The molecule has 0 unspecified atom stereocenters. The number of hydrogen-bond donors (Lipinski definition) is 0. The second kappa shape index (κ2) is 3.59. The number of nitrogens with zero attached hydrogens (tertiary/aromatic N) is 1. The second-order valence-corrected chi connectivity index (χ2v) is 3.27. The van der Waals surface area contributed by atoms with Crippen molar-refractivity contribution in [3.05, 3.63) is 29.1 Å². The molecule has 1 aromatic carbocycles. The molecule has 1 heterocycles. The molecule has 0 spiro atoms. The van der Waals surface area contributed by atoms with E-state index in [2.05, 4.69) is 4.98 Å². The fourth-order valence-electron chi connectivity index (χ4n) is 1.22. The summed E-state index contributed by atoms with van der Waals surface area (Å²) in [4.78, 5) is 15.3. The van der Waals surface area contributed by atoms with Crippen LogP contribution in [0.4, 0.5) is 0 Å². The van der Waals surface area contributed by atoms with E-state index in [9.17, 15) is 4.79 Å². The first-order valence-corrected chi connectivity index (χ1v) is 4.78. The van der Waals surface area contributed by atoms with E-state index in [4.69, 9.17) is 27.6 Å². The highest BCUT2D eigenvalue weighted by atomic mass is 35.5. The maximum Gasteiger partial charge on any atom is 0.293 e. The zero-order chi connectivity index (χ0) is 10.1. The molecule has 2 aromatic rings. The monoisotopic (exact) mass is 229 g/mol. The van der Waals surface area contributed by atoms with E-state index in [1.54, 1.807) is 18.2 Å². The molecule has 0 aliphatic heterocycles. The van der Waals surface area contributed by atoms with Crippen LogP contribution >= 0.6 is 23.2 Å². The van der Waals surface area contributed by atoms with Crippen molar-refractivity contribution < 1.29 is 9.21 Å². The fourth-order valence-corrected chi connectivity index (χ4v) is 1.53. The van der Waals surface area contributed by atoms with Gasteiger partial charge in [-0.2, -0.15) is 4.98 Å². The van der Waals surface area contributed by atoms with Gasteiger partial charge in [0.2, 0.25) is 0 Å². The van der Waals surface area contributed by atoms with Crippen molar-refractivity contribution in [3.63, 3.8) is 0 Å². The number of carbonyl (C=O) groups excluding carboxylic acids is 1. The predicted molar refractivity (Wildman–Crippen MR) is 54.1 cm³/mol. The molecule has 14 heavy (non-hydrogen) atoms. The van der Waals surface area contributed by atoms with Gasteiger partial charge >= 0.3 is 0 Å². The first-order chi connectivity index (χ1) is 6.72. The van der Waals surface area contributed by atoms with E-state index in [1.807, 2.05) is 0 Å². The van der Waals surface area contributed by atoms with Gasteiger partial charge < -0.3 is 4.42 Å². The average molecular weight is 230 g/mol. The lowest BCUT2D eigenvalue weighted by molar-refractivity contribution is 0.102. The van der Waals surface area contributed by atoms with Crippen LogP contribution in [0.15, 0.2) is 22.6 Å². The summed E-state index contributed by atoms with van der Waals surface area (Å²) in [6.07, 6.45) is 0. The molecule has 0 radical (unpaired) electrons. The molecule has 0 aliphatic carbocycles. The van der Waals surface area contributed by atoms with Crippen LogP contribution in [0, 0.1) is 0 Å². The smallest absolute Gasteiger partial charge is 0.293 e. The highest BCUT2D eigenvalue weighted by Crippen LogP contribution is 2.22. The second-order valence-electron chi connectivity index (χ2n) is 2.68. The van der Waals surface area contributed by atoms with Gasteiger partial charge in [-0.1, -0.05) is 6.07 Å². The normalized spacial score (nSPS) is 10.7. The highest BCUT2D eigenvalue weighted by Gasteiger charge is 2.13. The summed E-state index contributed by atoms with van der Waals surface area (Å²) in [5, 5.41) is 0.0230. The summed E-state index contributed by atoms with van der Waals surface area (Å²) in [5.74, 6) is -0.272. The summed E-state index contributed by atoms with van der Waals surface area (Å²) >= 11 is 11.0. The topological polar surface area (TPSA) is 43.1 Å². The molecule has 0 saturated carbocycles. The van der Waals surface area contributed by atoms with Gasteiger partial charge in [0.1, 0.15) is 5.52 Å². The molecule has 2 rings (SSSR count). The lowest BCUT2D eigenvalue weighted by Gasteiger charge is -1.95. The van der Waals surface area contributed by atoms with E-state index in [1.165, 1.54) is 0 Å². The number of halogens is 2. The number of ketones is 1. The number of oxazole rings is 1. The highest BCUT2D eigenvalue weighted by molar-refractivity contribution is 6.32. The van der Waals surface area contributed by atoms with Crippen molar-refractivity contribution in [1.29, 1.82) is 0 Å². The van der Waals surface area contributed by atoms with Gasteiger partial charge in [-0.05, 0) is 23.7 Å². The van der Waals surface area contributed by atoms with Crippen LogP contribution in [-0.2, 0) is 0 Å². The number of aromatic nitrogens is 1. The Morgan fingerprint density at radius 3 is 3.00 bits per heavy atom. The van der Waals surface area contributed by atoms with Gasteiger partial charge in [-0.3, -0.25) is 4.79 Å². The Labute approximate surface area is 89.6 Å². The zero-order valence-corrected chi connectivity index (χ0v) is 8.47. The summed E-state index contributed by atoms with van der Waals surface area (Å²) < 4.78 is 5.06. The molecule has 0 aliphatic rings. The summed E-state index contributed by atoms with van der Waals surface area (Å²) in [7, 11) is 0. The Hall–Kier alpha value is -1.06. The van der Waals surface area contributed by atoms with Gasteiger partial charge in [-0.15, -0.1) is 11.6 Å². The molecule has 0 saturated heterocycles. The van der Waals surface area contributed by atoms with Crippen LogP contribution < -0.4 is 0 Å². The van der Waals surface area contributed by atoms with Crippen molar-refractivity contribution in [2.24, 2.45) is 0 Å². The summed E-state index contributed by atoms with van der Waals surface area (Å²) in [5.41, 5.74) is 1.39. The number of Topliss-reactive ketones (excluding diaryl/α,β-unsaturated/α-hetero) is 1. The molecular formula is C9H5Cl2NO2.